The summed E-state index contributed by atoms with van der Waals surface area (Å²) in [4.78, 5) is 14.8. The third-order valence-electron chi connectivity index (χ3n) is 5.23. The number of hydrogen-bond donors (Lipinski definition) is 1. The number of ether oxygens (including phenoxy) is 1. The fourth-order valence-corrected chi connectivity index (χ4v) is 4.15. The number of fused-ring (bicyclic) bond motifs is 2. The normalized spacial score (nSPS) is 36.5. The van der Waals surface area contributed by atoms with E-state index in [9.17, 15) is 4.79 Å². The maximum atomic E-state index is 12.5. The van der Waals surface area contributed by atoms with Crippen LogP contribution in [0.5, 0.6) is 0 Å². The van der Waals surface area contributed by atoms with E-state index in [1.165, 1.54) is 6.42 Å². The van der Waals surface area contributed by atoms with Gasteiger partial charge in [0.25, 0.3) is 0 Å². The average Bonchev–Trinajstić information content (AvgIpc) is 3.08. The Kier molecular flexibility index (Phi) is 4.41. The minimum atomic E-state index is 0.222. The Balaban J connectivity index is 1.45. The van der Waals surface area contributed by atoms with E-state index in [1.807, 2.05) is 0 Å². The van der Waals surface area contributed by atoms with Gasteiger partial charge >= 0.3 is 0 Å². The van der Waals surface area contributed by atoms with E-state index in [0.717, 1.165) is 45.8 Å². The van der Waals surface area contributed by atoms with Crippen LogP contribution >= 0.6 is 0 Å². The Morgan fingerprint density at radius 2 is 2.05 bits per heavy atom. The number of carbonyl (C=O) groups excluding carboxylic acids is 1. The van der Waals surface area contributed by atoms with E-state index < -0.39 is 0 Å². The van der Waals surface area contributed by atoms with Crippen LogP contribution < -0.4 is 5.32 Å². The van der Waals surface area contributed by atoms with Gasteiger partial charge in [-0.1, -0.05) is 25.5 Å². The summed E-state index contributed by atoms with van der Waals surface area (Å²) in [5.41, 5.74) is 0. The minimum Gasteiger partial charge on any atom is -0.379 e. The lowest BCUT2D eigenvalue weighted by molar-refractivity contribution is -0.127. The SMILES string of the molecule is CCC1C2C=CC(C2)C1C(=O)NCCN1CCOCC1. The highest BCUT2D eigenvalue weighted by Gasteiger charge is 2.46. The number of morpholine rings is 1. The molecule has 3 rings (SSSR count). The Bertz CT molecular complexity index is 377. The van der Waals surface area contributed by atoms with Crippen LogP contribution in [0.1, 0.15) is 19.8 Å². The first-order valence-electron chi connectivity index (χ1n) is 8.05. The summed E-state index contributed by atoms with van der Waals surface area (Å²) in [5, 5.41) is 3.17. The summed E-state index contributed by atoms with van der Waals surface area (Å²) in [7, 11) is 0. The van der Waals surface area contributed by atoms with Crippen molar-refractivity contribution < 1.29 is 9.53 Å². The zero-order valence-electron chi connectivity index (χ0n) is 12.4. The zero-order chi connectivity index (χ0) is 13.9. The second-order valence-electron chi connectivity index (χ2n) is 6.29. The molecule has 2 bridgehead atoms. The fourth-order valence-electron chi connectivity index (χ4n) is 4.15. The van der Waals surface area contributed by atoms with Crippen molar-refractivity contribution in [1.82, 2.24) is 10.2 Å². The summed E-state index contributed by atoms with van der Waals surface area (Å²) in [6.07, 6.45) is 6.91. The summed E-state index contributed by atoms with van der Waals surface area (Å²) in [6.45, 7) is 7.56. The van der Waals surface area contributed by atoms with E-state index in [4.69, 9.17) is 4.74 Å². The van der Waals surface area contributed by atoms with E-state index in [1.54, 1.807) is 0 Å². The van der Waals surface area contributed by atoms with Crippen molar-refractivity contribution in [1.29, 1.82) is 0 Å². The molecule has 1 saturated carbocycles. The molecule has 0 aromatic carbocycles. The Morgan fingerprint density at radius 1 is 1.30 bits per heavy atom. The first-order valence-corrected chi connectivity index (χ1v) is 8.05. The van der Waals surface area contributed by atoms with Crippen LogP contribution in [-0.2, 0) is 9.53 Å². The smallest absolute Gasteiger partial charge is 0.224 e. The second kappa shape index (κ2) is 6.27. The molecule has 0 aromatic heterocycles. The number of amides is 1. The van der Waals surface area contributed by atoms with Gasteiger partial charge in [0.15, 0.2) is 0 Å². The van der Waals surface area contributed by atoms with Crippen molar-refractivity contribution in [2.75, 3.05) is 39.4 Å². The molecular weight excluding hydrogens is 252 g/mol. The van der Waals surface area contributed by atoms with E-state index >= 15 is 0 Å². The van der Waals surface area contributed by atoms with Crippen LogP contribution in [0.15, 0.2) is 12.2 Å². The highest BCUT2D eigenvalue weighted by Crippen LogP contribution is 2.49. The van der Waals surface area contributed by atoms with Gasteiger partial charge in [-0.25, -0.2) is 0 Å². The lowest BCUT2D eigenvalue weighted by Crippen LogP contribution is -2.43. The first kappa shape index (κ1) is 14.1. The van der Waals surface area contributed by atoms with Crippen LogP contribution in [0.25, 0.3) is 0 Å². The summed E-state index contributed by atoms with van der Waals surface area (Å²) >= 11 is 0. The molecule has 2 fully saturated rings. The number of allylic oxidation sites excluding steroid dienone is 2. The van der Waals surface area contributed by atoms with Gasteiger partial charge in [0, 0.05) is 32.1 Å². The lowest BCUT2D eigenvalue weighted by atomic mass is 9.81. The van der Waals surface area contributed by atoms with Crippen LogP contribution in [0.3, 0.4) is 0 Å². The predicted molar refractivity (Wildman–Crippen MR) is 78.3 cm³/mol. The topological polar surface area (TPSA) is 41.6 Å². The third-order valence-corrected chi connectivity index (χ3v) is 5.23. The molecule has 1 amide bonds. The largest absolute Gasteiger partial charge is 0.379 e. The highest BCUT2D eigenvalue weighted by molar-refractivity contribution is 5.80. The molecule has 4 atom stereocenters. The van der Waals surface area contributed by atoms with Crippen molar-refractivity contribution in [3.63, 3.8) is 0 Å². The molecule has 2 aliphatic carbocycles. The average molecular weight is 278 g/mol. The third kappa shape index (κ3) is 2.77. The van der Waals surface area contributed by atoms with Crippen LogP contribution in [0.4, 0.5) is 0 Å². The molecule has 112 valence electrons. The molecule has 0 radical (unpaired) electrons. The molecular formula is C16H26N2O2. The summed E-state index contributed by atoms with van der Waals surface area (Å²) in [5.74, 6) is 2.21. The molecule has 1 N–H and O–H groups in total. The standard InChI is InChI=1S/C16H26N2O2/c1-2-14-12-3-4-13(11-12)15(14)16(19)17-5-6-18-7-9-20-10-8-18/h3-4,12-15H,2,5-11H2,1H3,(H,17,19). The van der Waals surface area contributed by atoms with E-state index in [2.05, 4.69) is 29.3 Å². The van der Waals surface area contributed by atoms with Crippen molar-refractivity contribution in [2.45, 2.75) is 19.8 Å². The van der Waals surface area contributed by atoms with Crippen molar-refractivity contribution in [3.8, 4) is 0 Å². The molecule has 4 nitrogen and oxygen atoms in total. The molecule has 0 spiro atoms. The van der Waals surface area contributed by atoms with Gasteiger partial charge in [0.1, 0.15) is 0 Å². The Hall–Kier alpha value is -0.870. The second-order valence-corrected chi connectivity index (χ2v) is 6.29. The van der Waals surface area contributed by atoms with Crippen LogP contribution in [0.2, 0.25) is 0 Å². The molecule has 3 aliphatic rings. The summed E-state index contributed by atoms with van der Waals surface area (Å²) < 4.78 is 5.33. The first-order chi connectivity index (χ1) is 9.79. The quantitative estimate of drug-likeness (QED) is 0.770. The number of nitrogens with one attached hydrogen (secondary N) is 1. The predicted octanol–water partition coefficient (Wildman–Crippen LogP) is 1.28. The zero-order valence-corrected chi connectivity index (χ0v) is 12.4. The van der Waals surface area contributed by atoms with Crippen molar-refractivity contribution in [3.05, 3.63) is 12.2 Å². The van der Waals surface area contributed by atoms with Gasteiger partial charge in [-0.3, -0.25) is 9.69 Å². The van der Waals surface area contributed by atoms with Gasteiger partial charge in [-0.15, -0.1) is 0 Å². The fraction of sp³-hybridized carbons (Fsp3) is 0.812. The molecule has 4 heteroatoms. The van der Waals surface area contributed by atoms with Gasteiger partial charge < -0.3 is 10.1 Å². The van der Waals surface area contributed by atoms with Crippen molar-refractivity contribution >= 4 is 5.91 Å². The molecule has 20 heavy (non-hydrogen) atoms. The maximum absolute atomic E-state index is 12.5. The Morgan fingerprint density at radius 3 is 2.80 bits per heavy atom. The van der Waals surface area contributed by atoms with E-state index in [-0.39, 0.29) is 11.8 Å². The maximum Gasteiger partial charge on any atom is 0.224 e. The number of carbonyl (C=O) groups is 1. The molecule has 1 aliphatic heterocycles. The monoisotopic (exact) mass is 278 g/mol. The Labute approximate surface area is 121 Å². The summed E-state index contributed by atoms with van der Waals surface area (Å²) in [6, 6.07) is 0. The molecule has 0 aromatic rings. The highest BCUT2D eigenvalue weighted by atomic mass is 16.5. The van der Waals surface area contributed by atoms with Crippen molar-refractivity contribution in [2.24, 2.45) is 23.7 Å². The number of nitrogens with zero attached hydrogens (tertiary/aromatic N) is 1. The number of hydrogen-bond acceptors (Lipinski definition) is 3. The van der Waals surface area contributed by atoms with Gasteiger partial charge in [-0.2, -0.15) is 0 Å². The van der Waals surface area contributed by atoms with Crippen LogP contribution in [-0.4, -0.2) is 50.2 Å². The lowest BCUT2D eigenvalue weighted by Gasteiger charge is -2.28. The number of rotatable bonds is 5. The van der Waals surface area contributed by atoms with E-state index in [0.29, 0.717) is 17.8 Å². The molecule has 1 heterocycles. The molecule has 4 unspecified atom stereocenters. The van der Waals surface area contributed by atoms with Gasteiger partial charge in [0.05, 0.1) is 13.2 Å². The van der Waals surface area contributed by atoms with Crippen LogP contribution in [0, 0.1) is 23.7 Å². The van der Waals surface area contributed by atoms with Gasteiger partial charge in [-0.05, 0) is 24.2 Å². The van der Waals surface area contributed by atoms with Gasteiger partial charge in [0.2, 0.25) is 5.91 Å². The molecule has 1 saturated heterocycles. The minimum absolute atomic E-state index is 0.222.